The van der Waals surface area contributed by atoms with Crippen molar-refractivity contribution < 1.29 is 9.53 Å². The Balaban J connectivity index is 3.00. The first-order valence-corrected chi connectivity index (χ1v) is 3.69. The zero-order valence-electron chi connectivity index (χ0n) is 7.07. The fraction of sp³-hybridized carbons (Fsp3) is 0.375. The molecule has 1 aromatic heterocycles. The molecule has 0 aliphatic heterocycles. The third-order valence-corrected chi connectivity index (χ3v) is 1.34. The topological polar surface area (TPSA) is 52.1 Å². The van der Waals surface area contributed by atoms with Crippen molar-refractivity contribution in [3.05, 3.63) is 18.1 Å². The van der Waals surface area contributed by atoms with E-state index in [4.69, 9.17) is 4.74 Å². The average Bonchev–Trinajstić information content (AvgIpc) is 2.05. The Morgan fingerprint density at radius 1 is 1.67 bits per heavy atom. The normalized spacial score (nSPS) is 9.50. The first-order valence-electron chi connectivity index (χ1n) is 3.69. The molecule has 0 radical (unpaired) electrons. The van der Waals surface area contributed by atoms with E-state index in [9.17, 15) is 4.79 Å². The zero-order valence-corrected chi connectivity index (χ0v) is 7.07. The third kappa shape index (κ3) is 1.78. The molecule has 1 heterocycles. The van der Waals surface area contributed by atoms with Gasteiger partial charge in [-0.3, -0.25) is 4.79 Å². The van der Waals surface area contributed by atoms with E-state index in [1.807, 2.05) is 6.92 Å². The van der Waals surface area contributed by atoms with Crippen LogP contribution in [0.3, 0.4) is 0 Å². The minimum absolute atomic E-state index is 0.0842. The van der Waals surface area contributed by atoms with Crippen molar-refractivity contribution in [2.45, 2.75) is 13.8 Å². The van der Waals surface area contributed by atoms with Crippen LogP contribution in [0.5, 0.6) is 5.88 Å². The molecule has 0 aliphatic carbocycles. The fourth-order valence-electron chi connectivity index (χ4n) is 0.812. The quantitative estimate of drug-likeness (QED) is 0.630. The summed E-state index contributed by atoms with van der Waals surface area (Å²) in [6.45, 7) is 3.80. The van der Waals surface area contributed by atoms with Crippen LogP contribution in [0.25, 0.3) is 0 Å². The summed E-state index contributed by atoms with van der Waals surface area (Å²) in [5.41, 5.74) is 0.430. The van der Waals surface area contributed by atoms with Gasteiger partial charge in [0.15, 0.2) is 5.78 Å². The second-order valence-corrected chi connectivity index (χ2v) is 2.23. The predicted molar refractivity (Wildman–Crippen MR) is 43.2 cm³/mol. The Hall–Kier alpha value is -1.45. The number of carbonyl (C=O) groups excluding carboxylic acids is 1. The lowest BCUT2D eigenvalue weighted by molar-refractivity contribution is 0.101. The van der Waals surface area contributed by atoms with Crippen LogP contribution in [0, 0.1) is 0 Å². The van der Waals surface area contributed by atoms with Crippen molar-refractivity contribution in [2.75, 3.05) is 6.61 Å². The summed E-state index contributed by atoms with van der Waals surface area (Å²) >= 11 is 0. The van der Waals surface area contributed by atoms with E-state index in [-0.39, 0.29) is 5.78 Å². The minimum atomic E-state index is -0.0842. The molecule has 64 valence electrons. The molecule has 0 spiro atoms. The van der Waals surface area contributed by atoms with Crippen molar-refractivity contribution >= 4 is 5.78 Å². The van der Waals surface area contributed by atoms with Gasteiger partial charge in [-0.1, -0.05) is 0 Å². The van der Waals surface area contributed by atoms with E-state index in [0.29, 0.717) is 18.1 Å². The first kappa shape index (κ1) is 8.64. The van der Waals surface area contributed by atoms with Crippen LogP contribution >= 0.6 is 0 Å². The molecule has 0 aromatic carbocycles. The summed E-state index contributed by atoms with van der Waals surface area (Å²) in [5, 5.41) is 0. The average molecular weight is 166 g/mol. The lowest BCUT2D eigenvalue weighted by Crippen LogP contribution is -2.03. The molecule has 0 atom stereocenters. The van der Waals surface area contributed by atoms with E-state index in [2.05, 4.69) is 9.97 Å². The van der Waals surface area contributed by atoms with Gasteiger partial charge in [0, 0.05) is 6.20 Å². The van der Waals surface area contributed by atoms with Gasteiger partial charge in [0.2, 0.25) is 5.88 Å². The van der Waals surface area contributed by atoms with E-state index in [0.717, 1.165) is 0 Å². The van der Waals surface area contributed by atoms with E-state index < -0.39 is 0 Å². The highest BCUT2D eigenvalue weighted by molar-refractivity contribution is 5.95. The summed E-state index contributed by atoms with van der Waals surface area (Å²) in [6.07, 6.45) is 2.82. The highest BCUT2D eigenvalue weighted by atomic mass is 16.5. The molecule has 0 saturated carbocycles. The molecule has 4 heteroatoms. The number of hydrogen-bond acceptors (Lipinski definition) is 4. The fourth-order valence-corrected chi connectivity index (χ4v) is 0.812. The highest BCUT2D eigenvalue weighted by Crippen LogP contribution is 2.12. The van der Waals surface area contributed by atoms with Gasteiger partial charge in [-0.25, -0.2) is 9.97 Å². The second kappa shape index (κ2) is 3.80. The van der Waals surface area contributed by atoms with Crippen molar-refractivity contribution in [3.8, 4) is 5.88 Å². The SMILES string of the molecule is CCOc1ncncc1C(C)=O. The molecule has 4 nitrogen and oxygen atoms in total. The molecule has 0 bridgehead atoms. The van der Waals surface area contributed by atoms with Gasteiger partial charge >= 0.3 is 0 Å². The smallest absolute Gasteiger partial charge is 0.227 e. The lowest BCUT2D eigenvalue weighted by Gasteiger charge is -2.03. The number of nitrogens with zero attached hydrogens (tertiary/aromatic N) is 2. The Morgan fingerprint density at radius 3 is 3.00 bits per heavy atom. The van der Waals surface area contributed by atoms with E-state index >= 15 is 0 Å². The molecule has 1 rings (SSSR count). The molecule has 0 saturated heterocycles. The van der Waals surface area contributed by atoms with Gasteiger partial charge in [-0.15, -0.1) is 0 Å². The number of carbonyl (C=O) groups is 1. The molecule has 1 aromatic rings. The largest absolute Gasteiger partial charge is 0.477 e. The number of ketones is 1. The van der Waals surface area contributed by atoms with Gasteiger partial charge in [-0.2, -0.15) is 0 Å². The lowest BCUT2D eigenvalue weighted by atomic mass is 10.2. The Kier molecular flexibility index (Phi) is 2.74. The van der Waals surface area contributed by atoms with Gasteiger partial charge in [-0.05, 0) is 13.8 Å². The van der Waals surface area contributed by atoms with Gasteiger partial charge in [0.1, 0.15) is 6.33 Å². The predicted octanol–water partition coefficient (Wildman–Crippen LogP) is 1.08. The van der Waals surface area contributed by atoms with Crippen LogP contribution in [-0.4, -0.2) is 22.4 Å². The number of ether oxygens (including phenoxy) is 1. The standard InChI is InChI=1S/C8H10N2O2/c1-3-12-8-7(6(2)11)4-9-5-10-8/h4-5H,3H2,1-2H3. The first-order chi connectivity index (χ1) is 5.75. The van der Waals surface area contributed by atoms with Crippen LogP contribution < -0.4 is 4.74 Å². The van der Waals surface area contributed by atoms with E-state index in [1.165, 1.54) is 19.4 Å². The maximum atomic E-state index is 11.0. The van der Waals surface area contributed by atoms with Crippen molar-refractivity contribution in [3.63, 3.8) is 0 Å². The molecular formula is C8H10N2O2. The van der Waals surface area contributed by atoms with Crippen molar-refractivity contribution in [1.82, 2.24) is 9.97 Å². The summed E-state index contributed by atoms with van der Waals surface area (Å²) in [4.78, 5) is 18.6. The van der Waals surface area contributed by atoms with Gasteiger partial charge in [0.25, 0.3) is 0 Å². The van der Waals surface area contributed by atoms with Crippen LogP contribution in [0.4, 0.5) is 0 Å². The maximum Gasteiger partial charge on any atom is 0.227 e. The second-order valence-electron chi connectivity index (χ2n) is 2.23. The van der Waals surface area contributed by atoms with Crippen molar-refractivity contribution in [2.24, 2.45) is 0 Å². The number of hydrogen-bond donors (Lipinski definition) is 0. The monoisotopic (exact) mass is 166 g/mol. The molecule has 0 fully saturated rings. The highest BCUT2D eigenvalue weighted by Gasteiger charge is 2.08. The summed E-state index contributed by atoms with van der Waals surface area (Å²) < 4.78 is 5.13. The van der Waals surface area contributed by atoms with Crippen LogP contribution in [0.2, 0.25) is 0 Å². The minimum Gasteiger partial charge on any atom is -0.477 e. The summed E-state index contributed by atoms with van der Waals surface area (Å²) in [6, 6.07) is 0. The van der Waals surface area contributed by atoms with E-state index in [1.54, 1.807) is 0 Å². The Morgan fingerprint density at radius 2 is 2.42 bits per heavy atom. The number of rotatable bonds is 3. The van der Waals surface area contributed by atoms with Crippen LogP contribution in [-0.2, 0) is 0 Å². The van der Waals surface area contributed by atoms with Crippen molar-refractivity contribution in [1.29, 1.82) is 0 Å². The number of aromatic nitrogens is 2. The van der Waals surface area contributed by atoms with Crippen LogP contribution in [0.15, 0.2) is 12.5 Å². The van der Waals surface area contributed by atoms with Gasteiger partial charge < -0.3 is 4.74 Å². The molecule has 0 unspecified atom stereocenters. The van der Waals surface area contributed by atoms with Gasteiger partial charge in [0.05, 0.1) is 12.2 Å². The molecule has 12 heavy (non-hydrogen) atoms. The third-order valence-electron chi connectivity index (χ3n) is 1.34. The molecular weight excluding hydrogens is 156 g/mol. The number of Topliss-reactive ketones (excluding diaryl/α,β-unsaturated/α-hetero) is 1. The zero-order chi connectivity index (χ0) is 8.97. The summed E-state index contributed by atoms with van der Waals surface area (Å²) in [7, 11) is 0. The van der Waals surface area contributed by atoms with Crippen LogP contribution in [0.1, 0.15) is 24.2 Å². The summed E-state index contributed by atoms with van der Waals surface area (Å²) in [5.74, 6) is 0.277. The Labute approximate surface area is 70.6 Å². The molecule has 0 N–H and O–H groups in total. The maximum absolute atomic E-state index is 11.0. The molecule has 0 aliphatic rings. The molecule has 0 amide bonds. The Bertz CT molecular complexity index is 286.